The molecule has 1 aliphatic rings. The van der Waals surface area contributed by atoms with Crippen LogP contribution in [0.4, 0.5) is 0 Å². The first-order chi connectivity index (χ1) is 13.4. The first-order valence-corrected chi connectivity index (χ1v) is 11.8. The van der Waals surface area contributed by atoms with Gasteiger partial charge in [-0.05, 0) is 24.1 Å². The smallest absolute Gasteiger partial charge is 0.243 e. The van der Waals surface area contributed by atoms with E-state index in [1.165, 1.54) is 16.1 Å². The van der Waals surface area contributed by atoms with E-state index in [2.05, 4.69) is 11.9 Å². The fourth-order valence-corrected chi connectivity index (χ4v) is 5.41. The lowest BCUT2D eigenvalue weighted by molar-refractivity contribution is -0.129. The average molecular weight is 423 g/mol. The molecule has 0 N–H and O–H groups in total. The lowest BCUT2D eigenvalue weighted by Crippen LogP contribution is -2.50. The van der Waals surface area contributed by atoms with E-state index in [1.54, 1.807) is 23.2 Å². The molecule has 0 unspecified atom stereocenters. The number of nitrogens with zero attached hydrogens (tertiary/aromatic N) is 4. The number of aryl methyl sites for hydroxylation is 2. The Morgan fingerprint density at radius 3 is 2.39 bits per heavy atom. The Hall–Kier alpha value is -1.84. The lowest BCUT2D eigenvalue weighted by Gasteiger charge is -2.34. The summed E-state index contributed by atoms with van der Waals surface area (Å²) in [5, 5.41) is 0.793. The fourth-order valence-electron chi connectivity index (χ4n) is 3.15. The zero-order valence-corrected chi connectivity index (χ0v) is 17.9. The average Bonchev–Trinajstić information content (AvgIpc) is 3.12. The van der Waals surface area contributed by atoms with Crippen molar-refractivity contribution in [3.05, 3.63) is 42.2 Å². The van der Waals surface area contributed by atoms with Crippen molar-refractivity contribution in [3.8, 4) is 0 Å². The van der Waals surface area contributed by atoms with Crippen molar-refractivity contribution in [2.24, 2.45) is 7.05 Å². The Morgan fingerprint density at radius 2 is 1.82 bits per heavy atom. The van der Waals surface area contributed by atoms with Crippen LogP contribution in [0, 0.1) is 0 Å². The minimum Gasteiger partial charge on any atom is -0.339 e. The van der Waals surface area contributed by atoms with E-state index < -0.39 is 10.0 Å². The van der Waals surface area contributed by atoms with Gasteiger partial charge in [0.25, 0.3) is 0 Å². The van der Waals surface area contributed by atoms with Gasteiger partial charge in [0.15, 0.2) is 5.16 Å². The molecule has 0 saturated carbocycles. The van der Waals surface area contributed by atoms with Crippen molar-refractivity contribution < 1.29 is 13.2 Å². The topological polar surface area (TPSA) is 75.5 Å². The van der Waals surface area contributed by atoms with Gasteiger partial charge in [-0.2, -0.15) is 4.31 Å². The monoisotopic (exact) mass is 422 g/mol. The number of hydrogen-bond donors (Lipinski definition) is 0. The quantitative estimate of drug-likeness (QED) is 0.638. The number of amides is 1. The van der Waals surface area contributed by atoms with Crippen molar-refractivity contribution >= 4 is 27.7 Å². The Balaban J connectivity index is 1.55. The third-order valence-corrected chi connectivity index (χ3v) is 7.75. The van der Waals surface area contributed by atoms with Crippen LogP contribution in [0.3, 0.4) is 0 Å². The predicted octanol–water partition coefficient (Wildman–Crippen LogP) is 2.00. The number of benzene rings is 1. The molecule has 1 saturated heterocycles. The summed E-state index contributed by atoms with van der Waals surface area (Å²) in [5.74, 6) is 0.310. The molecule has 0 radical (unpaired) electrons. The summed E-state index contributed by atoms with van der Waals surface area (Å²) in [6, 6.07) is 7.12. The third kappa shape index (κ3) is 4.76. The van der Waals surface area contributed by atoms with Crippen LogP contribution in [0.5, 0.6) is 0 Å². The van der Waals surface area contributed by atoms with Crippen LogP contribution in [0.2, 0.25) is 0 Å². The summed E-state index contributed by atoms with van der Waals surface area (Å²) in [4.78, 5) is 18.7. The van der Waals surface area contributed by atoms with Gasteiger partial charge >= 0.3 is 0 Å². The molecular formula is C19H26N4O3S2. The number of hydrogen-bond acceptors (Lipinski definition) is 5. The van der Waals surface area contributed by atoms with Gasteiger partial charge in [0, 0.05) is 45.6 Å². The van der Waals surface area contributed by atoms with Crippen LogP contribution in [0.1, 0.15) is 18.9 Å². The van der Waals surface area contributed by atoms with Crippen molar-refractivity contribution in [1.82, 2.24) is 18.8 Å². The van der Waals surface area contributed by atoms with E-state index in [4.69, 9.17) is 0 Å². The van der Waals surface area contributed by atoms with Gasteiger partial charge in [-0.1, -0.05) is 37.2 Å². The molecule has 7 nitrogen and oxygen atoms in total. The van der Waals surface area contributed by atoms with Crippen molar-refractivity contribution in [2.75, 3.05) is 31.9 Å². The zero-order valence-electron chi connectivity index (χ0n) is 16.2. The molecule has 1 aromatic carbocycles. The molecular weight excluding hydrogens is 396 g/mol. The zero-order chi connectivity index (χ0) is 20.1. The highest BCUT2D eigenvalue weighted by atomic mass is 32.2. The van der Waals surface area contributed by atoms with E-state index in [0.29, 0.717) is 36.8 Å². The molecule has 1 amide bonds. The number of aromatic nitrogens is 2. The van der Waals surface area contributed by atoms with Crippen molar-refractivity contribution in [2.45, 2.75) is 29.8 Å². The predicted molar refractivity (Wildman–Crippen MR) is 110 cm³/mol. The Labute approximate surface area is 170 Å². The minimum absolute atomic E-state index is 0.00830. The Kier molecular flexibility index (Phi) is 6.79. The number of imidazole rings is 1. The molecule has 2 aromatic rings. The van der Waals surface area contributed by atoms with E-state index in [-0.39, 0.29) is 5.91 Å². The highest BCUT2D eigenvalue weighted by Crippen LogP contribution is 2.20. The fraction of sp³-hybridized carbons (Fsp3) is 0.474. The number of rotatable bonds is 7. The van der Waals surface area contributed by atoms with E-state index in [0.717, 1.165) is 23.6 Å². The maximum atomic E-state index is 12.9. The summed E-state index contributed by atoms with van der Waals surface area (Å²) in [5.41, 5.74) is 1.14. The first kappa shape index (κ1) is 20.9. The molecule has 28 heavy (non-hydrogen) atoms. The molecule has 152 valence electrons. The summed E-state index contributed by atoms with van der Waals surface area (Å²) in [6.07, 6.45) is 5.51. The second-order valence-corrected chi connectivity index (χ2v) is 9.67. The van der Waals surface area contributed by atoms with E-state index in [1.807, 2.05) is 29.9 Å². The standard InChI is InChI=1S/C19H26N4O3S2/c1-3-4-16-5-7-17(8-6-16)28(25,26)23-13-11-22(12-14-23)18(24)15-27-19-20-9-10-21(19)2/h5-10H,3-4,11-15H2,1-2H3. The summed E-state index contributed by atoms with van der Waals surface area (Å²) in [6.45, 7) is 3.55. The number of carbonyl (C=O) groups is 1. The second kappa shape index (κ2) is 9.11. The maximum Gasteiger partial charge on any atom is 0.243 e. The van der Waals surface area contributed by atoms with Crippen molar-refractivity contribution in [1.29, 1.82) is 0 Å². The summed E-state index contributed by atoms with van der Waals surface area (Å²) < 4.78 is 29.1. The third-order valence-electron chi connectivity index (χ3n) is 4.79. The molecule has 0 bridgehead atoms. The summed E-state index contributed by atoms with van der Waals surface area (Å²) in [7, 11) is -1.63. The van der Waals surface area contributed by atoms with Gasteiger partial charge in [-0.25, -0.2) is 13.4 Å². The van der Waals surface area contributed by atoms with Gasteiger partial charge < -0.3 is 9.47 Å². The second-order valence-electron chi connectivity index (χ2n) is 6.79. The minimum atomic E-state index is -3.52. The van der Waals surface area contributed by atoms with Crippen molar-refractivity contribution in [3.63, 3.8) is 0 Å². The molecule has 0 aliphatic carbocycles. The van der Waals surface area contributed by atoms with Crippen LogP contribution in [-0.4, -0.2) is 65.0 Å². The van der Waals surface area contributed by atoms with E-state index >= 15 is 0 Å². The molecule has 1 aromatic heterocycles. The van der Waals surface area contributed by atoms with Gasteiger partial charge in [-0.15, -0.1) is 0 Å². The molecule has 3 rings (SSSR count). The molecule has 9 heteroatoms. The normalized spacial score (nSPS) is 15.7. The number of piperazine rings is 1. The van der Waals surface area contributed by atoms with Gasteiger partial charge in [0.2, 0.25) is 15.9 Å². The Bertz CT molecular complexity index is 902. The van der Waals surface area contributed by atoms with Crippen LogP contribution in [-0.2, 0) is 28.3 Å². The molecule has 0 atom stereocenters. The number of sulfonamides is 1. The SMILES string of the molecule is CCCc1ccc(S(=O)(=O)N2CCN(C(=O)CSc3nccn3C)CC2)cc1. The molecule has 1 aliphatic heterocycles. The van der Waals surface area contributed by atoms with Crippen LogP contribution >= 0.6 is 11.8 Å². The lowest BCUT2D eigenvalue weighted by atomic mass is 10.1. The maximum absolute atomic E-state index is 12.9. The molecule has 0 spiro atoms. The summed E-state index contributed by atoms with van der Waals surface area (Å²) >= 11 is 1.39. The highest BCUT2D eigenvalue weighted by Gasteiger charge is 2.30. The largest absolute Gasteiger partial charge is 0.339 e. The van der Waals surface area contributed by atoms with Gasteiger partial charge in [-0.3, -0.25) is 4.79 Å². The molecule has 1 fully saturated rings. The number of thioether (sulfide) groups is 1. The number of carbonyl (C=O) groups excluding carboxylic acids is 1. The van der Waals surface area contributed by atoms with E-state index in [9.17, 15) is 13.2 Å². The molecule has 2 heterocycles. The van der Waals surface area contributed by atoms with Crippen LogP contribution in [0.25, 0.3) is 0 Å². The van der Waals surface area contributed by atoms with Crippen LogP contribution < -0.4 is 0 Å². The highest BCUT2D eigenvalue weighted by molar-refractivity contribution is 7.99. The Morgan fingerprint density at radius 1 is 1.14 bits per heavy atom. The van der Waals surface area contributed by atoms with Gasteiger partial charge in [0.05, 0.1) is 10.6 Å². The van der Waals surface area contributed by atoms with Gasteiger partial charge in [0.1, 0.15) is 0 Å². The van der Waals surface area contributed by atoms with Crippen LogP contribution in [0.15, 0.2) is 46.7 Å². The first-order valence-electron chi connectivity index (χ1n) is 9.39.